The fourth-order valence-corrected chi connectivity index (χ4v) is 1.43. The maximum Gasteiger partial charge on any atom is 0.413 e. The molecule has 0 aliphatic carbocycles. The summed E-state index contributed by atoms with van der Waals surface area (Å²) in [6.45, 7) is 5.38. The molecule has 1 aromatic heterocycles. The second-order valence-electron chi connectivity index (χ2n) is 4.31. The van der Waals surface area contributed by atoms with Crippen LogP contribution in [0.2, 0.25) is 0 Å². The van der Waals surface area contributed by atoms with E-state index in [9.17, 15) is 4.79 Å². The number of hydrogen-bond donors (Lipinski definition) is 1. The van der Waals surface area contributed by atoms with Gasteiger partial charge in [-0.25, -0.2) is 4.79 Å². The second-order valence-corrected chi connectivity index (χ2v) is 5.17. The first-order valence-corrected chi connectivity index (χ1v) is 5.81. The molecule has 0 unspecified atom stereocenters. The van der Waals surface area contributed by atoms with Crippen LogP contribution in [0.5, 0.6) is 5.88 Å². The number of aromatic nitrogens is 1. The van der Waals surface area contributed by atoms with Gasteiger partial charge in [-0.3, -0.25) is 5.32 Å². The zero-order valence-electron chi connectivity index (χ0n) is 10.2. The number of nitrogens with zero attached hydrogens (tertiary/aromatic N) is 1. The molecule has 0 atom stereocenters. The molecule has 0 fully saturated rings. The molecule has 6 heteroatoms. The van der Waals surface area contributed by atoms with Crippen molar-refractivity contribution in [2.75, 3.05) is 12.4 Å². The molecular weight excluding hydrogens is 288 g/mol. The Morgan fingerprint density at radius 2 is 2.06 bits per heavy atom. The smallest absolute Gasteiger partial charge is 0.413 e. The van der Waals surface area contributed by atoms with E-state index in [4.69, 9.17) is 9.47 Å². The highest BCUT2D eigenvalue weighted by molar-refractivity contribution is 9.10. The van der Waals surface area contributed by atoms with E-state index in [1.54, 1.807) is 32.9 Å². The molecule has 0 spiro atoms. The van der Waals surface area contributed by atoms with E-state index in [2.05, 4.69) is 26.2 Å². The van der Waals surface area contributed by atoms with Gasteiger partial charge < -0.3 is 9.47 Å². The average Bonchev–Trinajstić information content (AvgIpc) is 2.18. The minimum absolute atomic E-state index is 0.374. The monoisotopic (exact) mass is 302 g/mol. The van der Waals surface area contributed by atoms with Crippen molar-refractivity contribution in [1.29, 1.82) is 0 Å². The summed E-state index contributed by atoms with van der Waals surface area (Å²) >= 11 is 3.27. The van der Waals surface area contributed by atoms with Crippen LogP contribution < -0.4 is 10.1 Å². The molecule has 94 valence electrons. The molecule has 0 saturated heterocycles. The third-order valence-corrected chi connectivity index (χ3v) is 2.24. The summed E-state index contributed by atoms with van der Waals surface area (Å²) in [6, 6.07) is 3.38. The lowest BCUT2D eigenvalue weighted by Crippen LogP contribution is -2.27. The first-order valence-electron chi connectivity index (χ1n) is 5.02. The summed E-state index contributed by atoms with van der Waals surface area (Å²) in [5, 5.41) is 2.53. The zero-order valence-corrected chi connectivity index (χ0v) is 11.8. The van der Waals surface area contributed by atoms with Gasteiger partial charge in [-0.2, -0.15) is 4.98 Å². The first-order chi connectivity index (χ1) is 7.81. The zero-order chi connectivity index (χ0) is 13.1. The van der Waals surface area contributed by atoms with Gasteiger partial charge in [0.1, 0.15) is 11.4 Å². The highest BCUT2D eigenvalue weighted by atomic mass is 79.9. The van der Waals surface area contributed by atoms with Crippen molar-refractivity contribution >= 4 is 27.8 Å². The van der Waals surface area contributed by atoms with Crippen LogP contribution in [0.25, 0.3) is 0 Å². The van der Waals surface area contributed by atoms with Crippen LogP contribution in [0.3, 0.4) is 0 Å². The number of nitrogens with one attached hydrogen (secondary N) is 1. The molecule has 0 aliphatic rings. The van der Waals surface area contributed by atoms with Crippen LogP contribution >= 0.6 is 15.9 Å². The summed E-state index contributed by atoms with van der Waals surface area (Å²) in [6.07, 6.45) is -0.547. The molecular formula is C11H15BrN2O3. The molecule has 0 aromatic carbocycles. The second kappa shape index (κ2) is 5.35. The molecule has 0 bridgehead atoms. The number of amides is 1. The fourth-order valence-electron chi connectivity index (χ4n) is 1.04. The Balaban J connectivity index is 2.72. The summed E-state index contributed by atoms with van der Waals surface area (Å²) < 4.78 is 10.8. The Morgan fingerprint density at radius 1 is 1.41 bits per heavy atom. The Hall–Kier alpha value is -1.30. The van der Waals surface area contributed by atoms with Gasteiger partial charge in [0.15, 0.2) is 0 Å². The van der Waals surface area contributed by atoms with Crippen molar-refractivity contribution in [2.24, 2.45) is 0 Å². The Morgan fingerprint density at radius 3 is 2.59 bits per heavy atom. The number of ether oxygens (including phenoxy) is 2. The van der Waals surface area contributed by atoms with E-state index in [1.165, 1.54) is 7.11 Å². The third kappa shape index (κ3) is 4.60. The largest absolute Gasteiger partial charge is 0.480 e. The van der Waals surface area contributed by atoms with E-state index in [0.717, 1.165) is 4.47 Å². The van der Waals surface area contributed by atoms with Gasteiger partial charge in [-0.05, 0) is 48.8 Å². The highest BCUT2D eigenvalue weighted by Crippen LogP contribution is 2.24. The molecule has 1 heterocycles. The van der Waals surface area contributed by atoms with Gasteiger partial charge >= 0.3 is 6.09 Å². The number of hydrogen-bond acceptors (Lipinski definition) is 4. The van der Waals surface area contributed by atoms with Gasteiger partial charge in [-0.15, -0.1) is 0 Å². The quantitative estimate of drug-likeness (QED) is 0.911. The maximum absolute atomic E-state index is 11.5. The minimum atomic E-state index is -0.547. The number of pyridine rings is 1. The minimum Gasteiger partial charge on any atom is -0.480 e. The van der Waals surface area contributed by atoms with Crippen molar-refractivity contribution in [1.82, 2.24) is 4.98 Å². The van der Waals surface area contributed by atoms with E-state index in [-0.39, 0.29) is 0 Å². The van der Waals surface area contributed by atoms with Gasteiger partial charge in [0, 0.05) is 0 Å². The Kier molecular flexibility index (Phi) is 4.34. The molecule has 5 nitrogen and oxygen atoms in total. The number of rotatable bonds is 2. The summed E-state index contributed by atoms with van der Waals surface area (Å²) in [5.74, 6) is 0.776. The Labute approximate surface area is 109 Å². The normalized spacial score (nSPS) is 10.9. The highest BCUT2D eigenvalue weighted by Gasteiger charge is 2.16. The molecule has 1 amide bonds. The lowest BCUT2D eigenvalue weighted by molar-refractivity contribution is 0.0635. The van der Waals surface area contributed by atoms with Gasteiger partial charge in [0.25, 0.3) is 0 Å². The molecule has 17 heavy (non-hydrogen) atoms. The fraction of sp³-hybridized carbons (Fsp3) is 0.455. The lowest BCUT2D eigenvalue weighted by Gasteiger charge is -2.19. The summed E-state index contributed by atoms with van der Waals surface area (Å²) in [7, 11) is 1.50. The van der Waals surface area contributed by atoms with Crippen LogP contribution in [0.15, 0.2) is 16.6 Å². The van der Waals surface area contributed by atoms with Gasteiger partial charge in [0.2, 0.25) is 5.88 Å². The molecule has 1 rings (SSSR count). The topological polar surface area (TPSA) is 60.5 Å². The average molecular weight is 303 g/mol. The van der Waals surface area contributed by atoms with Crippen molar-refractivity contribution in [3.05, 3.63) is 16.6 Å². The van der Waals surface area contributed by atoms with E-state index in [0.29, 0.717) is 11.7 Å². The standard InChI is InChI=1S/C11H15BrN2O3/c1-11(2,3)17-10(15)14-8-6-5-7(12)9(13-8)16-4/h5-6H,1-4H3,(H,13,14,15). The van der Waals surface area contributed by atoms with Crippen LogP contribution in [0.4, 0.5) is 10.6 Å². The van der Waals surface area contributed by atoms with Gasteiger partial charge in [0.05, 0.1) is 11.6 Å². The molecule has 1 aromatic rings. The van der Waals surface area contributed by atoms with Crippen molar-refractivity contribution < 1.29 is 14.3 Å². The molecule has 0 aliphatic heterocycles. The molecule has 0 radical (unpaired) electrons. The summed E-state index contributed by atoms with van der Waals surface area (Å²) in [4.78, 5) is 15.6. The van der Waals surface area contributed by atoms with Crippen molar-refractivity contribution in [3.63, 3.8) is 0 Å². The first kappa shape index (κ1) is 13.8. The third-order valence-electron chi connectivity index (χ3n) is 1.64. The number of halogens is 1. The van der Waals surface area contributed by atoms with Crippen LogP contribution in [-0.2, 0) is 4.74 Å². The number of anilines is 1. The van der Waals surface area contributed by atoms with Crippen molar-refractivity contribution in [2.45, 2.75) is 26.4 Å². The Bertz CT molecular complexity index is 416. The lowest BCUT2D eigenvalue weighted by atomic mass is 10.2. The van der Waals surface area contributed by atoms with E-state index >= 15 is 0 Å². The van der Waals surface area contributed by atoms with Crippen molar-refractivity contribution in [3.8, 4) is 5.88 Å². The number of carbonyl (C=O) groups excluding carboxylic acids is 1. The van der Waals surface area contributed by atoms with E-state index < -0.39 is 11.7 Å². The maximum atomic E-state index is 11.5. The number of carbonyl (C=O) groups is 1. The summed E-state index contributed by atoms with van der Waals surface area (Å²) in [5.41, 5.74) is -0.538. The molecule has 1 N–H and O–H groups in total. The SMILES string of the molecule is COc1nc(NC(=O)OC(C)(C)C)ccc1Br. The predicted molar refractivity (Wildman–Crippen MR) is 68.3 cm³/mol. The van der Waals surface area contributed by atoms with E-state index in [1.807, 2.05) is 0 Å². The molecule has 0 saturated carbocycles. The number of methoxy groups -OCH3 is 1. The predicted octanol–water partition coefficient (Wildman–Crippen LogP) is 3.20. The van der Waals surface area contributed by atoms with Gasteiger partial charge in [-0.1, -0.05) is 0 Å². The van der Waals surface area contributed by atoms with Crippen LogP contribution in [-0.4, -0.2) is 23.8 Å². The van der Waals surface area contributed by atoms with Crippen LogP contribution in [0.1, 0.15) is 20.8 Å². The van der Waals surface area contributed by atoms with Crippen LogP contribution in [0, 0.1) is 0 Å².